The van der Waals surface area contributed by atoms with Crippen LogP contribution in [-0.4, -0.2) is 32.6 Å². The zero-order valence-corrected chi connectivity index (χ0v) is 9.77. The predicted molar refractivity (Wildman–Crippen MR) is 64.1 cm³/mol. The van der Waals surface area contributed by atoms with Crippen LogP contribution in [0.15, 0.2) is 30.3 Å². The number of methoxy groups -OCH3 is 1. The minimum atomic E-state index is -0.330. The van der Waals surface area contributed by atoms with E-state index in [2.05, 4.69) is 16.0 Å². The summed E-state index contributed by atoms with van der Waals surface area (Å²) in [5.74, 6) is -0.564. The Balaban J connectivity index is 2.21. The number of carbonyl (C=O) groups excluding carboxylic acids is 1. The zero-order chi connectivity index (χ0) is 12.1. The first-order chi connectivity index (χ1) is 8.33. The fourth-order valence-corrected chi connectivity index (χ4v) is 1.99. The van der Waals surface area contributed by atoms with Crippen molar-refractivity contribution in [3.63, 3.8) is 0 Å². The molecular weight excluding hydrogens is 218 g/mol. The van der Waals surface area contributed by atoms with Gasteiger partial charge < -0.3 is 4.74 Å². The van der Waals surface area contributed by atoms with Crippen molar-refractivity contribution in [2.75, 3.05) is 20.4 Å². The van der Waals surface area contributed by atoms with Gasteiger partial charge in [0.05, 0.1) is 13.3 Å². The fraction of sp³-hybridized carbons (Fsp3) is 0.417. The molecule has 0 radical (unpaired) electrons. The van der Waals surface area contributed by atoms with Gasteiger partial charge in [-0.25, -0.2) is 0 Å². The van der Waals surface area contributed by atoms with Crippen molar-refractivity contribution < 1.29 is 9.53 Å². The van der Waals surface area contributed by atoms with Gasteiger partial charge in [0.25, 0.3) is 0 Å². The van der Waals surface area contributed by atoms with E-state index in [1.807, 2.05) is 30.3 Å². The second-order valence-corrected chi connectivity index (χ2v) is 3.90. The summed E-state index contributed by atoms with van der Waals surface area (Å²) in [7, 11) is 1.42. The molecule has 1 aromatic rings. The van der Waals surface area contributed by atoms with Crippen LogP contribution < -0.4 is 16.0 Å². The molecule has 0 aromatic heterocycles. The molecule has 1 unspecified atom stereocenters. The molecule has 1 atom stereocenters. The van der Waals surface area contributed by atoms with E-state index < -0.39 is 0 Å². The number of nitrogens with one attached hydrogen (secondary N) is 3. The molecule has 1 heterocycles. The lowest BCUT2D eigenvalue weighted by molar-refractivity contribution is -0.143. The standard InChI is InChI=1S/C12H17N3O2/c1-17-12(16)10(9-5-3-2-4-6-9)11-14-7-13-8-15-11/h2-6,10-11,13-15H,7-8H2,1H3. The summed E-state index contributed by atoms with van der Waals surface area (Å²) in [4.78, 5) is 11.9. The van der Waals surface area contributed by atoms with Crippen LogP contribution in [-0.2, 0) is 9.53 Å². The highest BCUT2D eigenvalue weighted by Crippen LogP contribution is 2.20. The van der Waals surface area contributed by atoms with Crippen molar-refractivity contribution in [1.82, 2.24) is 16.0 Å². The van der Waals surface area contributed by atoms with Crippen molar-refractivity contribution in [3.05, 3.63) is 35.9 Å². The molecule has 5 heteroatoms. The molecule has 2 rings (SSSR count). The topological polar surface area (TPSA) is 62.4 Å². The first kappa shape index (κ1) is 12.0. The number of carbonyl (C=O) groups is 1. The van der Waals surface area contributed by atoms with Crippen LogP contribution in [0.2, 0.25) is 0 Å². The lowest BCUT2D eigenvalue weighted by Crippen LogP contribution is -2.59. The van der Waals surface area contributed by atoms with Crippen molar-refractivity contribution in [2.24, 2.45) is 0 Å². The van der Waals surface area contributed by atoms with Gasteiger partial charge in [0.15, 0.2) is 0 Å². The third-order valence-electron chi connectivity index (χ3n) is 2.84. The van der Waals surface area contributed by atoms with E-state index in [1.54, 1.807) is 0 Å². The molecular formula is C12H17N3O2. The minimum Gasteiger partial charge on any atom is -0.468 e. The van der Waals surface area contributed by atoms with Gasteiger partial charge in [-0.2, -0.15) is 0 Å². The van der Waals surface area contributed by atoms with E-state index in [1.165, 1.54) is 7.11 Å². The van der Waals surface area contributed by atoms with E-state index in [4.69, 9.17) is 4.74 Å². The van der Waals surface area contributed by atoms with Crippen LogP contribution in [0.25, 0.3) is 0 Å². The summed E-state index contributed by atoms with van der Waals surface area (Å²) in [6.45, 7) is 1.36. The largest absolute Gasteiger partial charge is 0.468 e. The third kappa shape index (κ3) is 2.82. The molecule has 1 fully saturated rings. The van der Waals surface area contributed by atoms with Gasteiger partial charge in [0.1, 0.15) is 5.92 Å². The number of esters is 1. The van der Waals surface area contributed by atoms with Crippen LogP contribution in [0.1, 0.15) is 11.5 Å². The summed E-state index contributed by atoms with van der Waals surface area (Å²) < 4.78 is 4.88. The van der Waals surface area contributed by atoms with E-state index in [9.17, 15) is 4.79 Å². The Hall–Kier alpha value is -1.43. The summed E-state index contributed by atoms with van der Waals surface area (Å²) >= 11 is 0. The van der Waals surface area contributed by atoms with Crippen molar-refractivity contribution in [2.45, 2.75) is 12.1 Å². The van der Waals surface area contributed by atoms with Gasteiger partial charge in [0, 0.05) is 13.3 Å². The number of hydrogen-bond acceptors (Lipinski definition) is 5. The fourth-order valence-electron chi connectivity index (χ4n) is 1.99. The maximum absolute atomic E-state index is 11.9. The summed E-state index contributed by atoms with van der Waals surface area (Å²) in [6, 6.07) is 9.65. The maximum Gasteiger partial charge on any atom is 0.316 e. The van der Waals surface area contributed by atoms with Gasteiger partial charge in [-0.15, -0.1) is 0 Å². The number of rotatable bonds is 3. The summed E-state index contributed by atoms with van der Waals surface area (Å²) in [6.07, 6.45) is -0.105. The smallest absolute Gasteiger partial charge is 0.316 e. The van der Waals surface area contributed by atoms with Crippen LogP contribution >= 0.6 is 0 Å². The van der Waals surface area contributed by atoms with Crippen molar-refractivity contribution in [1.29, 1.82) is 0 Å². The molecule has 92 valence electrons. The lowest BCUT2D eigenvalue weighted by atomic mass is 9.95. The first-order valence-corrected chi connectivity index (χ1v) is 5.63. The quantitative estimate of drug-likeness (QED) is 0.642. The van der Waals surface area contributed by atoms with Crippen LogP contribution in [0.3, 0.4) is 0 Å². The molecule has 0 spiro atoms. The van der Waals surface area contributed by atoms with Gasteiger partial charge >= 0.3 is 5.97 Å². The number of hydrogen-bond donors (Lipinski definition) is 3. The first-order valence-electron chi connectivity index (χ1n) is 5.63. The Bertz CT molecular complexity index is 363. The SMILES string of the molecule is COC(=O)C(c1ccccc1)C1NCNCN1. The second kappa shape index (κ2) is 5.77. The molecule has 0 saturated carbocycles. The van der Waals surface area contributed by atoms with Gasteiger partial charge in [-0.05, 0) is 5.56 Å². The zero-order valence-electron chi connectivity index (χ0n) is 9.77. The van der Waals surface area contributed by atoms with Crippen LogP contribution in [0.4, 0.5) is 0 Å². The summed E-state index contributed by atoms with van der Waals surface area (Å²) in [5, 5.41) is 9.52. The highest BCUT2D eigenvalue weighted by Gasteiger charge is 2.31. The Kier molecular flexibility index (Phi) is 4.08. The Morgan fingerprint density at radius 1 is 1.29 bits per heavy atom. The molecule has 1 aliphatic rings. The van der Waals surface area contributed by atoms with Crippen LogP contribution in [0, 0.1) is 0 Å². The minimum absolute atomic E-state index is 0.105. The maximum atomic E-state index is 11.9. The molecule has 1 saturated heterocycles. The van der Waals surface area contributed by atoms with Crippen molar-refractivity contribution in [3.8, 4) is 0 Å². The van der Waals surface area contributed by atoms with Crippen LogP contribution in [0.5, 0.6) is 0 Å². The van der Waals surface area contributed by atoms with Gasteiger partial charge in [-0.1, -0.05) is 30.3 Å². The molecule has 0 amide bonds. The van der Waals surface area contributed by atoms with E-state index in [0.717, 1.165) is 5.56 Å². The highest BCUT2D eigenvalue weighted by molar-refractivity contribution is 5.79. The van der Waals surface area contributed by atoms with E-state index in [-0.39, 0.29) is 18.1 Å². The predicted octanol–water partition coefficient (Wildman–Crippen LogP) is -0.0333. The second-order valence-electron chi connectivity index (χ2n) is 3.90. The normalized spacial score (nSPS) is 18.6. The van der Waals surface area contributed by atoms with Gasteiger partial charge in [-0.3, -0.25) is 20.7 Å². The lowest BCUT2D eigenvalue weighted by Gasteiger charge is -2.31. The molecule has 17 heavy (non-hydrogen) atoms. The molecule has 3 N–H and O–H groups in total. The Morgan fingerprint density at radius 2 is 1.94 bits per heavy atom. The third-order valence-corrected chi connectivity index (χ3v) is 2.84. The average Bonchev–Trinajstić information content (AvgIpc) is 2.41. The molecule has 1 aliphatic heterocycles. The Morgan fingerprint density at radius 3 is 2.53 bits per heavy atom. The van der Waals surface area contributed by atoms with E-state index >= 15 is 0 Å². The number of benzene rings is 1. The summed E-state index contributed by atoms with van der Waals surface area (Å²) in [5.41, 5.74) is 0.950. The molecule has 0 bridgehead atoms. The van der Waals surface area contributed by atoms with E-state index in [0.29, 0.717) is 13.3 Å². The van der Waals surface area contributed by atoms with Crippen molar-refractivity contribution >= 4 is 5.97 Å². The molecule has 1 aromatic carbocycles. The molecule has 5 nitrogen and oxygen atoms in total. The monoisotopic (exact) mass is 235 g/mol. The molecule has 0 aliphatic carbocycles. The average molecular weight is 235 g/mol. The Labute approximate surface area is 101 Å². The number of ether oxygens (including phenoxy) is 1. The van der Waals surface area contributed by atoms with Gasteiger partial charge in [0.2, 0.25) is 0 Å². The highest BCUT2D eigenvalue weighted by atomic mass is 16.5.